The van der Waals surface area contributed by atoms with Crippen LogP contribution in [0.25, 0.3) is 0 Å². The SMILES string of the molecule is CCOC(=O)[C@@H]1C(=O)NC(SCC(=O)Nc2cccc(OC)c2)=C(C#N)[C@@H]1c1ccccc1OC. The van der Waals surface area contributed by atoms with E-state index in [1.54, 1.807) is 55.5 Å². The first-order valence-corrected chi connectivity index (χ1v) is 11.7. The number of nitrogens with one attached hydrogen (secondary N) is 2. The summed E-state index contributed by atoms with van der Waals surface area (Å²) in [5.41, 5.74) is 1.19. The van der Waals surface area contributed by atoms with Crippen LogP contribution in [0.15, 0.2) is 59.1 Å². The molecule has 0 bridgehead atoms. The lowest BCUT2D eigenvalue weighted by Crippen LogP contribution is -2.44. The maximum Gasteiger partial charge on any atom is 0.319 e. The summed E-state index contributed by atoms with van der Waals surface area (Å²) < 4.78 is 15.7. The number of rotatable bonds is 9. The number of carbonyl (C=O) groups excluding carboxylic acids is 3. The van der Waals surface area contributed by atoms with E-state index in [9.17, 15) is 19.6 Å². The highest BCUT2D eigenvalue weighted by molar-refractivity contribution is 8.03. The van der Waals surface area contributed by atoms with Gasteiger partial charge in [-0.25, -0.2) is 0 Å². The van der Waals surface area contributed by atoms with Crippen molar-refractivity contribution in [1.82, 2.24) is 5.32 Å². The third kappa shape index (κ3) is 5.94. The Morgan fingerprint density at radius 3 is 2.60 bits per heavy atom. The quantitative estimate of drug-likeness (QED) is 0.401. The van der Waals surface area contributed by atoms with Crippen molar-refractivity contribution in [1.29, 1.82) is 5.26 Å². The number of hydrogen-bond donors (Lipinski definition) is 2. The van der Waals surface area contributed by atoms with Crippen LogP contribution in [-0.4, -0.2) is 44.4 Å². The lowest BCUT2D eigenvalue weighted by Gasteiger charge is -2.31. The van der Waals surface area contributed by atoms with E-state index >= 15 is 0 Å². The summed E-state index contributed by atoms with van der Waals surface area (Å²) in [7, 11) is 3.00. The number of benzene rings is 2. The smallest absolute Gasteiger partial charge is 0.319 e. The van der Waals surface area contributed by atoms with Crippen LogP contribution in [0.1, 0.15) is 18.4 Å². The van der Waals surface area contributed by atoms with Crippen LogP contribution in [0.4, 0.5) is 5.69 Å². The summed E-state index contributed by atoms with van der Waals surface area (Å²) in [4.78, 5) is 38.3. The molecule has 1 aliphatic heterocycles. The molecule has 1 heterocycles. The molecule has 2 atom stereocenters. The molecule has 182 valence electrons. The molecule has 0 radical (unpaired) electrons. The normalized spacial score (nSPS) is 17.1. The topological polar surface area (TPSA) is 127 Å². The zero-order valence-corrected chi connectivity index (χ0v) is 20.3. The van der Waals surface area contributed by atoms with Crippen molar-refractivity contribution in [2.45, 2.75) is 12.8 Å². The van der Waals surface area contributed by atoms with Crippen molar-refractivity contribution in [3.63, 3.8) is 0 Å². The molecule has 0 aliphatic carbocycles. The van der Waals surface area contributed by atoms with Gasteiger partial charge < -0.3 is 24.8 Å². The molecular weight excluding hydrogens is 470 g/mol. The summed E-state index contributed by atoms with van der Waals surface area (Å²) in [6.07, 6.45) is 0. The van der Waals surface area contributed by atoms with Gasteiger partial charge in [-0.15, -0.1) is 0 Å². The number of nitriles is 1. The number of nitrogens with zero attached hydrogens (tertiary/aromatic N) is 1. The van der Waals surface area contributed by atoms with Gasteiger partial charge in [0.1, 0.15) is 17.4 Å². The van der Waals surface area contributed by atoms with Crippen LogP contribution in [0.2, 0.25) is 0 Å². The van der Waals surface area contributed by atoms with Gasteiger partial charge in [-0.1, -0.05) is 36.0 Å². The number of carbonyl (C=O) groups is 3. The van der Waals surface area contributed by atoms with Gasteiger partial charge in [0.05, 0.1) is 43.3 Å². The van der Waals surface area contributed by atoms with E-state index in [0.717, 1.165) is 11.8 Å². The van der Waals surface area contributed by atoms with E-state index in [0.29, 0.717) is 22.7 Å². The maximum absolute atomic E-state index is 13.0. The molecule has 2 amide bonds. The van der Waals surface area contributed by atoms with E-state index in [4.69, 9.17) is 14.2 Å². The maximum atomic E-state index is 13.0. The molecule has 3 rings (SSSR count). The molecule has 0 saturated heterocycles. The zero-order chi connectivity index (χ0) is 25.4. The lowest BCUT2D eigenvalue weighted by atomic mass is 9.78. The molecule has 0 spiro atoms. The number of esters is 1. The van der Waals surface area contributed by atoms with E-state index < -0.39 is 23.7 Å². The first kappa shape index (κ1) is 25.6. The van der Waals surface area contributed by atoms with Crippen molar-refractivity contribution < 1.29 is 28.6 Å². The molecule has 0 saturated carbocycles. The highest BCUT2D eigenvalue weighted by atomic mass is 32.2. The molecule has 35 heavy (non-hydrogen) atoms. The number of thioether (sulfide) groups is 1. The average molecular weight is 496 g/mol. The average Bonchev–Trinajstić information content (AvgIpc) is 2.87. The van der Waals surface area contributed by atoms with Crippen molar-refractivity contribution in [3.05, 3.63) is 64.7 Å². The number of amides is 2. The van der Waals surface area contributed by atoms with Gasteiger partial charge in [-0.3, -0.25) is 14.4 Å². The largest absolute Gasteiger partial charge is 0.497 e. The van der Waals surface area contributed by atoms with Crippen LogP contribution >= 0.6 is 11.8 Å². The Morgan fingerprint density at radius 1 is 1.14 bits per heavy atom. The predicted molar refractivity (Wildman–Crippen MR) is 131 cm³/mol. The number of para-hydroxylation sites is 1. The summed E-state index contributed by atoms with van der Waals surface area (Å²) in [5.74, 6) is -2.99. The van der Waals surface area contributed by atoms with Gasteiger partial charge in [0.15, 0.2) is 0 Å². The predicted octanol–water partition coefficient (Wildman–Crippen LogP) is 3.20. The molecule has 9 nitrogen and oxygen atoms in total. The van der Waals surface area contributed by atoms with Gasteiger partial charge >= 0.3 is 5.97 Å². The van der Waals surface area contributed by atoms with Crippen LogP contribution in [-0.2, 0) is 19.1 Å². The molecule has 2 aromatic rings. The minimum atomic E-state index is -1.28. The summed E-state index contributed by atoms with van der Waals surface area (Å²) in [6.45, 7) is 1.72. The number of allylic oxidation sites excluding steroid dienone is 1. The number of anilines is 1. The Labute approximate surface area is 207 Å². The molecular formula is C25H25N3O6S. The molecule has 2 aromatic carbocycles. The van der Waals surface area contributed by atoms with Crippen LogP contribution in [0.3, 0.4) is 0 Å². The summed E-state index contributed by atoms with van der Waals surface area (Å²) in [6, 6.07) is 15.9. The van der Waals surface area contributed by atoms with E-state index in [-0.39, 0.29) is 28.9 Å². The highest BCUT2D eigenvalue weighted by Crippen LogP contribution is 2.43. The fourth-order valence-corrected chi connectivity index (χ4v) is 4.57. The highest BCUT2D eigenvalue weighted by Gasteiger charge is 2.45. The third-order valence-electron chi connectivity index (χ3n) is 5.24. The lowest BCUT2D eigenvalue weighted by molar-refractivity contribution is -0.152. The van der Waals surface area contributed by atoms with E-state index in [2.05, 4.69) is 16.7 Å². The first-order chi connectivity index (χ1) is 16.9. The van der Waals surface area contributed by atoms with Gasteiger partial charge in [0.2, 0.25) is 11.8 Å². The van der Waals surface area contributed by atoms with E-state index in [1.807, 2.05) is 0 Å². The van der Waals surface area contributed by atoms with Crippen LogP contribution in [0.5, 0.6) is 11.5 Å². The van der Waals surface area contributed by atoms with Crippen molar-refractivity contribution >= 4 is 35.2 Å². The first-order valence-electron chi connectivity index (χ1n) is 10.7. The van der Waals surface area contributed by atoms with Crippen molar-refractivity contribution in [2.75, 3.05) is 31.9 Å². The van der Waals surface area contributed by atoms with Crippen molar-refractivity contribution in [3.8, 4) is 17.6 Å². The van der Waals surface area contributed by atoms with Gasteiger partial charge in [-0.05, 0) is 25.1 Å². The fourth-order valence-electron chi connectivity index (χ4n) is 3.72. The van der Waals surface area contributed by atoms with Crippen LogP contribution < -0.4 is 20.1 Å². The number of hydrogen-bond acceptors (Lipinski definition) is 8. The Morgan fingerprint density at radius 2 is 1.91 bits per heavy atom. The standard InChI is InChI=1S/C25H25N3O6S/c1-4-34-25(31)22-21(17-10-5-6-11-19(17)33-3)18(13-26)24(28-23(22)30)35-14-20(29)27-15-8-7-9-16(12-15)32-2/h5-12,21-22H,4,14H2,1-3H3,(H,27,29)(H,28,30)/t21-,22-/m0/s1. The number of methoxy groups -OCH3 is 2. The number of ether oxygens (including phenoxy) is 3. The molecule has 0 fully saturated rings. The third-order valence-corrected chi connectivity index (χ3v) is 6.26. The Hall–Kier alpha value is -3.97. The van der Waals surface area contributed by atoms with Gasteiger partial charge in [-0.2, -0.15) is 5.26 Å². The van der Waals surface area contributed by atoms with Crippen LogP contribution in [0, 0.1) is 17.2 Å². The second kappa shape index (κ2) is 11.9. The molecule has 10 heteroatoms. The molecule has 1 aliphatic rings. The minimum Gasteiger partial charge on any atom is -0.497 e. The van der Waals surface area contributed by atoms with E-state index in [1.165, 1.54) is 14.2 Å². The van der Waals surface area contributed by atoms with Crippen molar-refractivity contribution in [2.24, 2.45) is 5.92 Å². The molecule has 0 aromatic heterocycles. The van der Waals surface area contributed by atoms with Gasteiger partial charge in [0.25, 0.3) is 0 Å². The fraction of sp³-hybridized carbons (Fsp3) is 0.280. The molecule has 0 unspecified atom stereocenters. The Bertz CT molecular complexity index is 1190. The Kier molecular flexibility index (Phi) is 8.75. The molecule has 2 N–H and O–H groups in total. The zero-order valence-electron chi connectivity index (χ0n) is 19.5. The summed E-state index contributed by atoms with van der Waals surface area (Å²) >= 11 is 0.999. The minimum absolute atomic E-state index is 0.0823. The second-order valence-electron chi connectivity index (χ2n) is 7.36. The second-order valence-corrected chi connectivity index (χ2v) is 8.35. The summed E-state index contributed by atoms with van der Waals surface area (Å²) in [5, 5.41) is 15.6. The van der Waals surface area contributed by atoms with Gasteiger partial charge in [0, 0.05) is 23.2 Å². The monoisotopic (exact) mass is 495 g/mol. The Balaban J connectivity index is 1.92.